The van der Waals surface area contributed by atoms with E-state index in [4.69, 9.17) is 16.3 Å². The van der Waals surface area contributed by atoms with Crippen LogP contribution >= 0.6 is 11.6 Å². The summed E-state index contributed by atoms with van der Waals surface area (Å²) in [6.45, 7) is 2.40. The number of fused-ring (bicyclic) bond motifs is 1. The number of nitrogens with zero attached hydrogens (tertiary/aromatic N) is 1. The van der Waals surface area contributed by atoms with Gasteiger partial charge in [0.1, 0.15) is 0 Å². The Morgan fingerprint density at radius 1 is 1.16 bits per heavy atom. The number of aromatic nitrogens is 1. The number of rotatable bonds is 1. The van der Waals surface area contributed by atoms with Crippen LogP contribution in [0.2, 0.25) is 5.02 Å². The van der Waals surface area contributed by atoms with Gasteiger partial charge in [0.15, 0.2) is 0 Å². The molecule has 3 nitrogen and oxygen atoms in total. The van der Waals surface area contributed by atoms with Crippen molar-refractivity contribution in [1.29, 1.82) is 0 Å². The third-order valence-corrected chi connectivity index (χ3v) is 3.55. The summed E-state index contributed by atoms with van der Waals surface area (Å²) in [4.78, 5) is 4.33. The number of hydrogen-bond donors (Lipinski definition) is 1. The van der Waals surface area contributed by atoms with Crippen molar-refractivity contribution in [2.24, 2.45) is 0 Å². The molecule has 2 heterocycles. The van der Waals surface area contributed by atoms with Crippen molar-refractivity contribution in [3.8, 4) is 17.0 Å². The molecule has 4 heteroatoms. The van der Waals surface area contributed by atoms with Gasteiger partial charge in [-0.25, -0.2) is 4.98 Å². The van der Waals surface area contributed by atoms with E-state index < -0.39 is 0 Å². The lowest BCUT2D eigenvalue weighted by atomic mass is 10.0. The Kier molecular flexibility index (Phi) is 3.67. The van der Waals surface area contributed by atoms with Crippen molar-refractivity contribution < 1.29 is 4.74 Å². The zero-order valence-corrected chi connectivity index (χ0v) is 11.3. The van der Waals surface area contributed by atoms with Gasteiger partial charge in [0, 0.05) is 28.9 Å². The molecule has 1 aromatic heterocycles. The molecule has 0 amide bonds. The van der Waals surface area contributed by atoms with Gasteiger partial charge in [0.2, 0.25) is 5.88 Å². The zero-order chi connectivity index (χ0) is 13.1. The molecule has 2 aromatic rings. The molecule has 0 radical (unpaired) electrons. The molecular weight excluding hydrogens is 260 g/mol. The Morgan fingerprint density at radius 2 is 2.05 bits per heavy atom. The Balaban J connectivity index is 2.11. The summed E-state index contributed by atoms with van der Waals surface area (Å²) in [5, 5.41) is 4.16. The molecule has 0 spiro atoms. The highest BCUT2D eigenvalue weighted by Gasteiger charge is 2.15. The first-order valence-corrected chi connectivity index (χ1v) is 6.80. The first-order valence-electron chi connectivity index (χ1n) is 6.42. The third-order valence-electron chi connectivity index (χ3n) is 3.22. The smallest absolute Gasteiger partial charge is 0.218 e. The predicted octanol–water partition coefficient (Wildman–Crippen LogP) is 3.27. The van der Waals surface area contributed by atoms with Gasteiger partial charge < -0.3 is 10.1 Å². The minimum atomic E-state index is 0.693. The van der Waals surface area contributed by atoms with E-state index in [0.717, 1.165) is 41.2 Å². The van der Waals surface area contributed by atoms with Crippen molar-refractivity contribution in [2.45, 2.75) is 13.0 Å². The summed E-state index contributed by atoms with van der Waals surface area (Å²) in [6, 6.07) is 9.85. The van der Waals surface area contributed by atoms with Crippen LogP contribution in [0.15, 0.2) is 36.5 Å². The number of pyridine rings is 1. The summed E-state index contributed by atoms with van der Waals surface area (Å²) in [5.41, 5.74) is 3.19. The Morgan fingerprint density at radius 3 is 2.95 bits per heavy atom. The van der Waals surface area contributed by atoms with Crippen LogP contribution in [0.1, 0.15) is 12.0 Å². The fraction of sp³-hybridized carbons (Fsp3) is 0.267. The van der Waals surface area contributed by atoms with Crippen LogP contribution < -0.4 is 10.1 Å². The van der Waals surface area contributed by atoms with Gasteiger partial charge >= 0.3 is 0 Å². The fourth-order valence-electron chi connectivity index (χ4n) is 2.28. The molecule has 0 atom stereocenters. The van der Waals surface area contributed by atoms with E-state index in [-0.39, 0.29) is 0 Å². The predicted molar refractivity (Wildman–Crippen MR) is 76.5 cm³/mol. The molecule has 98 valence electrons. The molecule has 0 fully saturated rings. The average Bonchev–Trinajstić information content (AvgIpc) is 2.40. The molecule has 0 bridgehead atoms. The van der Waals surface area contributed by atoms with Crippen molar-refractivity contribution >= 4 is 11.6 Å². The van der Waals surface area contributed by atoms with E-state index in [1.54, 1.807) is 6.20 Å². The van der Waals surface area contributed by atoms with E-state index in [1.165, 1.54) is 0 Å². The first-order chi connectivity index (χ1) is 9.36. The molecule has 0 saturated carbocycles. The maximum absolute atomic E-state index is 6.29. The monoisotopic (exact) mass is 274 g/mol. The maximum Gasteiger partial charge on any atom is 0.218 e. The molecule has 0 saturated heterocycles. The minimum absolute atomic E-state index is 0.693. The van der Waals surface area contributed by atoms with E-state index in [0.29, 0.717) is 12.5 Å². The summed E-state index contributed by atoms with van der Waals surface area (Å²) in [7, 11) is 0. The second-order valence-electron chi connectivity index (χ2n) is 4.50. The molecule has 0 unspecified atom stereocenters. The average molecular weight is 275 g/mol. The van der Waals surface area contributed by atoms with E-state index in [9.17, 15) is 0 Å². The van der Waals surface area contributed by atoms with Crippen LogP contribution in [-0.4, -0.2) is 18.1 Å². The van der Waals surface area contributed by atoms with Crippen LogP contribution in [0.5, 0.6) is 5.88 Å². The molecule has 1 aliphatic rings. The summed E-state index contributed by atoms with van der Waals surface area (Å²) in [6.07, 6.45) is 2.77. The quantitative estimate of drug-likeness (QED) is 0.867. The van der Waals surface area contributed by atoms with Gasteiger partial charge in [-0.2, -0.15) is 0 Å². The Hall–Kier alpha value is -1.58. The van der Waals surface area contributed by atoms with Gasteiger partial charge in [0.05, 0.1) is 6.61 Å². The minimum Gasteiger partial charge on any atom is -0.477 e. The van der Waals surface area contributed by atoms with Gasteiger partial charge in [0.25, 0.3) is 0 Å². The highest BCUT2D eigenvalue weighted by atomic mass is 35.5. The van der Waals surface area contributed by atoms with Gasteiger partial charge in [-0.05, 0) is 30.7 Å². The second-order valence-corrected chi connectivity index (χ2v) is 4.91. The van der Waals surface area contributed by atoms with Gasteiger partial charge in [-0.15, -0.1) is 0 Å². The number of ether oxygens (including phenoxy) is 1. The number of halogens is 1. The van der Waals surface area contributed by atoms with Crippen molar-refractivity contribution in [3.05, 3.63) is 47.1 Å². The summed E-state index contributed by atoms with van der Waals surface area (Å²) < 4.78 is 5.74. The molecular formula is C15H15ClN2O. The topological polar surface area (TPSA) is 34.2 Å². The molecule has 1 N–H and O–H groups in total. The van der Waals surface area contributed by atoms with E-state index in [1.807, 2.05) is 30.3 Å². The van der Waals surface area contributed by atoms with E-state index in [2.05, 4.69) is 10.3 Å². The van der Waals surface area contributed by atoms with Crippen LogP contribution in [-0.2, 0) is 6.54 Å². The molecule has 0 aliphatic carbocycles. The zero-order valence-electron chi connectivity index (χ0n) is 10.5. The molecule has 1 aromatic carbocycles. The second kappa shape index (κ2) is 5.59. The van der Waals surface area contributed by atoms with Crippen molar-refractivity contribution in [2.75, 3.05) is 13.2 Å². The van der Waals surface area contributed by atoms with Crippen LogP contribution in [0.3, 0.4) is 0 Å². The third kappa shape index (κ3) is 2.57. The van der Waals surface area contributed by atoms with Crippen LogP contribution in [0.4, 0.5) is 0 Å². The van der Waals surface area contributed by atoms with Crippen molar-refractivity contribution in [3.63, 3.8) is 0 Å². The molecule has 3 rings (SSSR count). The lowest BCUT2D eigenvalue weighted by Gasteiger charge is -2.18. The highest BCUT2D eigenvalue weighted by molar-refractivity contribution is 6.33. The molecule has 1 aliphatic heterocycles. The lowest BCUT2D eigenvalue weighted by molar-refractivity contribution is 0.284. The number of hydrogen-bond acceptors (Lipinski definition) is 3. The van der Waals surface area contributed by atoms with Crippen molar-refractivity contribution in [1.82, 2.24) is 10.3 Å². The Labute approximate surface area is 117 Å². The SMILES string of the molecule is Clc1ccccc1-c1ccnc2c1CNCCCO2. The number of benzene rings is 1. The summed E-state index contributed by atoms with van der Waals surface area (Å²) in [5.74, 6) is 0.713. The largest absolute Gasteiger partial charge is 0.477 e. The number of nitrogens with one attached hydrogen (secondary N) is 1. The lowest BCUT2D eigenvalue weighted by Crippen LogP contribution is -2.21. The van der Waals surface area contributed by atoms with Gasteiger partial charge in [-0.3, -0.25) is 0 Å². The van der Waals surface area contributed by atoms with Gasteiger partial charge in [-0.1, -0.05) is 29.8 Å². The van der Waals surface area contributed by atoms with Crippen LogP contribution in [0.25, 0.3) is 11.1 Å². The van der Waals surface area contributed by atoms with Crippen LogP contribution in [0, 0.1) is 0 Å². The Bertz CT molecular complexity index is 586. The normalized spacial score (nSPS) is 15.0. The standard InChI is InChI=1S/C15H15ClN2O/c16-14-5-2-1-4-12(14)11-6-8-18-15-13(11)10-17-7-3-9-19-15/h1-2,4-6,8,17H,3,7,9-10H2. The van der Waals surface area contributed by atoms with E-state index >= 15 is 0 Å². The molecule has 19 heavy (non-hydrogen) atoms. The summed E-state index contributed by atoms with van der Waals surface area (Å²) >= 11 is 6.29. The first kappa shape index (κ1) is 12.5. The fourth-order valence-corrected chi connectivity index (χ4v) is 2.52. The maximum atomic E-state index is 6.29. The highest BCUT2D eigenvalue weighted by Crippen LogP contribution is 2.33.